The summed E-state index contributed by atoms with van der Waals surface area (Å²) in [6.07, 6.45) is 2.25. The van der Waals surface area contributed by atoms with Crippen LogP contribution in [0.25, 0.3) is 0 Å². The summed E-state index contributed by atoms with van der Waals surface area (Å²) in [4.78, 5) is 22.5. The lowest BCUT2D eigenvalue weighted by Crippen LogP contribution is -2.46. The van der Waals surface area contributed by atoms with Crippen LogP contribution >= 0.6 is 0 Å². The minimum absolute atomic E-state index is 0.367. The Kier molecular flexibility index (Phi) is 13.9. The Morgan fingerprint density at radius 2 is 1.43 bits per heavy atom. The predicted molar refractivity (Wildman–Crippen MR) is 86.7 cm³/mol. The maximum atomic E-state index is 11.5. The summed E-state index contributed by atoms with van der Waals surface area (Å²) in [7, 11) is 0. The second-order valence-corrected chi connectivity index (χ2v) is 5.47. The second-order valence-electron chi connectivity index (χ2n) is 5.47. The van der Waals surface area contributed by atoms with Crippen LogP contribution in [0.3, 0.4) is 0 Å². The molecule has 136 valence electrons. The second kappa shape index (κ2) is 14.5. The fourth-order valence-electron chi connectivity index (χ4n) is 1.98. The Bertz CT molecular complexity index is 328. The minimum atomic E-state index is -1.89. The number of nitrogens with one attached hydrogen (secondary N) is 2. The number of hydrogen-bond donors (Lipinski definition) is 6. The van der Waals surface area contributed by atoms with Gasteiger partial charge in [0.05, 0.1) is 0 Å². The molecule has 0 bridgehead atoms. The fourth-order valence-corrected chi connectivity index (χ4v) is 1.98. The van der Waals surface area contributed by atoms with Crippen LogP contribution in [0, 0.1) is 0 Å². The van der Waals surface area contributed by atoms with E-state index in [-0.39, 0.29) is 0 Å². The molecule has 0 rings (SSSR count). The van der Waals surface area contributed by atoms with Crippen molar-refractivity contribution in [1.29, 1.82) is 0 Å². The van der Waals surface area contributed by atoms with Crippen LogP contribution in [-0.2, 0) is 9.59 Å². The van der Waals surface area contributed by atoms with Gasteiger partial charge in [-0.2, -0.15) is 0 Å². The molecule has 8 nitrogen and oxygen atoms in total. The van der Waals surface area contributed by atoms with E-state index in [1.807, 2.05) is 0 Å². The zero-order valence-electron chi connectivity index (χ0n) is 13.7. The molecule has 0 aliphatic carbocycles. The van der Waals surface area contributed by atoms with Crippen molar-refractivity contribution in [3.8, 4) is 0 Å². The van der Waals surface area contributed by atoms with E-state index in [0.717, 1.165) is 58.2 Å². The molecule has 0 aromatic carbocycles. The fraction of sp³-hybridized carbons (Fsp3) is 0.867. The van der Waals surface area contributed by atoms with Gasteiger partial charge in [-0.15, -0.1) is 0 Å². The molecule has 0 heterocycles. The van der Waals surface area contributed by atoms with Crippen molar-refractivity contribution < 1.29 is 24.9 Å². The summed E-state index contributed by atoms with van der Waals surface area (Å²) >= 11 is 0. The number of rotatable bonds is 15. The first-order chi connectivity index (χ1) is 11.0. The topological polar surface area (TPSA) is 145 Å². The Balaban J connectivity index is 3.50. The number of carbonyl (C=O) groups is 2. The molecule has 2 unspecified atom stereocenters. The van der Waals surface area contributed by atoms with Gasteiger partial charge in [0, 0.05) is 6.54 Å². The first-order valence-corrected chi connectivity index (χ1v) is 8.22. The molecule has 0 aliphatic rings. The summed E-state index contributed by atoms with van der Waals surface area (Å²) < 4.78 is 0. The maximum Gasteiger partial charge on any atom is 0.252 e. The number of carbonyl (C=O) groups excluding carboxylic acids is 2. The van der Waals surface area contributed by atoms with E-state index < -0.39 is 30.5 Å². The number of hydrogen-bond acceptors (Lipinski definition) is 7. The highest BCUT2D eigenvalue weighted by molar-refractivity contribution is 5.92. The van der Waals surface area contributed by atoms with E-state index in [0.29, 0.717) is 6.54 Å². The smallest absolute Gasteiger partial charge is 0.252 e. The van der Waals surface area contributed by atoms with Crippen LogP contribution in [0.5, 0.6) is 0 Å². The molecule has 7 N–H and O–H groups in total. The zero-order valence-corrected chi connectivity index (χ0v) is 13.7. The molecule has 0 radical (unpaired) electrons. The van der Waals surface area contributed by atoms with E-state index >= 15 is 0 Å². The van der Waals surface area contributed by atoms with Gasteiger partial charge in [0.2, 0.25) is 0 Å². The Morgan fingerprint density at radius 1 is 0.870 bits per heavy atom. The van der Waals surface area contributed by atoms with Gasteiger partial charge >= 0.3 is 0 Å². The van der Waals surface area contributed by atoms with Crippen LogP contribution in [0.15, 0.2) is 0 Å². The lowest BCUT2D eigenvalue weighted by atomic mass is 10.1. The third-order valence-electron chi connectivity index (χ3n) is 3.44. The molecular formula is C15H31N3O5. The number of aliphatic hydroxyl groups is 3. The van der Waals surface area contributed by atoms with Crippen LogP contribution < -0.4 is 16.4 Å². The van der Waals surface area contributed by atoms with E-state index in [1.54, 1.807) is 0 Å². The molecule has 0 spiro atoms. The Hall–Kier alpha value is -1.06. The number of Topliss-reactive ketones (excluding diaryl/α,β-unsaturated/α-hetero) is 1. The largest absolute Gasteiger partial charge is 0.388 e. The van der Waals surface area contributed by atoms with Crippen molar-refractivity contribution in [1.82, 2.24) is 10.6 Å². The molecule has 0 fully saturated rings. The van der Waals surface area contributed by atoms with E-state index in [1.165, 1.54) is 0 Å². The summed E-state index contributed by atoms with van der Waals surface area (Å²) in [5.41, 5.74) is 5.41. The summed E-state index contributed by atoms with van der Waals surface area (Å²) in [5.74, 6) is -1.79. The van der Waals surface area contributed by atoms with Gasteiger partial charge in [-0.25, -0.2) is 0 Å². The molecule has 0 aromatic rings. The molecular weight excluding hydrogens is 302 g/mol. The Morgan fingerprint density at radius 3 is 2.00 bits per heavy atom. The average Bonchev–Trinajstić information content (AvgIpc) is 2.57. The quantitative estimate of drug-likeness (QED) is 0.195. The first kappa shape index (κ1) is 21.9. The van der Waals surface area contributed by atoms with Gasteiger partial charge in [-0.3, -0.25) is 9.59 Å². The highest BCUT2D eigenvalue weighted by atomic mass is 16.3. The number of ketones is 1. The van der Waals surface area contributed by atoms with Crippen LogP contribution in [-0.4, -0.2) is 72.0 Å². The molecule has 0 saturated carbocycles. The molecule has 23 heavy (non-hydrogen) atoms. The number of aliphatic hydroxyl groups excluding tert-OH is 3. The molecule has 1 amide bonds. The number of unbranched alkanes of at least 4 members (excludes halogenated alkanes) is 4. The maximum absolute atomic E-state index is 11.5. The predicted octanol–water partition coefficient (Wildman–Crippen LogP) is -1.73. The zero-order chi connectivity index (χ0) is 17.5. The first-order valence-electron chi connectivity index (χ1n) is 8.22. The van der Waals surface area contributed by atoms with Crippen molar-refractivity contribution in [2.75, 3.05) is 32.8 Å². The highest BCUT2D eigenvalue weighted by Gasteiger charge is 2.29. The number of amides is 1. The van der Waals surface area contributed by atoms with Crippen molar-refractivity contribution in [3.05, 3.63) is 0 Å². The van der Waals surface area contributed by atoms with Gasteiger partial charge in [-0.1, -0.05) is 12.8 Å². The SMILES string of the molecule is NCCCCCNCCCCCNC(=O)C(O)C(O)C(=O)CO. The Labute approximate surface area is 137 Å². The summed E-state index contributed by atoms with van der Waals surface area (Å²) in [6.45, 7) is 2.10. The lowest BCUT2D eigenvalue weighted by Gasteiger charge is -2.15. The van der Waals surface area contributed by atoms with Crippen LogP contribution in [0.1, 0.15) is 38.5 Å². The van der Waals surface area contributed by atoms with E-state index in [9.17, 15) is 19.8 Å². The molecule has 8 heteroatoms. The lowest BCUT2D eigenvalue weighted by molar-refractivity contribution is -0.146. The third-order valence-corrected chi connectivity index (χ3v) is 3.44. The third kappa shape index (κ3) is 11.2. The van der Waals surface area contributed by atoms with Crippen molar-refractivity contribution >= 4 is 11.7 Å². The van der Waals surface area contributed by atoms with Gasteiger partial charge in [0.25, 0.3) is 5.91 Å². The van der Waals surface area contributed by atoms with E-state index in [4.69, 9.17) is 10.8 Å². The average molecular weight is 333 g/mol. The molecule has 0 aromatic heterocycles. The standard InChI is InChI=1S/C15H31N3O5/c16-7-3-1-4-8-17-9-5-2-6-10-18-15(23)14(22)13(21)12(20)11-19/h13-14,17,19,21-22H,1-11,16H2,(H,18,23). The minimum Gasteiger partial charge on any atom is -0.388 e. The van der Waals surface area contributed by atoms with Gasteiger partial charge in [0.1, 0.15) is 12.7 Å². The van der Waals surface area contributed by atoms with Gasteiger partial charge in [0.15, 0.2) is 11.9 Å². The number of nitrogens with two attached hydrogens (primary N) is 1. The normalized spacial score (nSPS) is 13.6. The van der Waals surface area contributed by atoms with Crippen molar-refractivity contribution in [2.45, 2.75) is 50.7 Å². The van der Waals surface area contributed by atoms with Gasteiger partial charge < -0.3 is 31.7 Å². The van der Waals surface area contributed by atoms with Crippen LogP contribution in [0.2, 0.25) is 0 Å². The summed E-state index contributed by atoms with van der Waals surface area (Å²) in [5, 5.41) is 33.1. The molecule has 0 saturated heterocycles. The van der Waals surface area contributed by atoms with Crippen LogP contribution in [0.4, 0.5) is 0 Å². The van der Waals surface area contributed by atoms with Crippen molar-refractivity contribution in [2.24, 2.45) is 5.73 Å². The van der Waals surface area contributed by atoms with E-state index in [2.05, 4.69) is 10.6 Å². The molecule has 2 atom stereocenters. The monoisotopic (exact) mass is 333 g/mol. The molecule has 0 aliphatic heterocycles. The summed E-state index contributed by atoms with van der Waals surface area (Å²) in [6, 6.07) is 0. The van der Waals surface area contributed by atoms with Crippen molar-refractivity contribution in [3.63, 3.8) is 0 Å². The highest BCUT2D eigenvalue weighted by Crippen LogP contribution is 1.98. The van der Waals surface area contributed by atoms with Gasteiger partial charge in [-0.05, 0) is 45.3 Å².